The van der Waals surface area contributed by atoms with Gasteiger partial charge in [-0.3, -0.25) is 14.6 Å². The van der Waals surface area contributed by atoms with Crippen LogP contribution in [0.5, 0.6) is 0 Å². The molecule has 8 heteroatoms. The van der Waals surface area contributed by atoms with E-state index in [1.165, 1.54) is 5.56 Å². The summed E-state index contributed by atoms with van der Waals surface area (Å²) < 4.78 is 1.91. The van der Waals surface area contributed by atoms with Crippen molar-refractivity contribution in [3.63, 3.8) is 0 Å². The van der Waals surface area contributed by atoms with Gasteiger partial charge in [-0.05, 0) is 72.7 Å². The zero-order valence-corrected chi connectivity index (χ0v) is 22.5. The summed E-state index contributed by atoms with van der Waals surface area (Å²) in [7, 11) is 0. The first-order chi connectivity index (χ1) is 17.8. The van der Waals surface area contributed by atoms with E-state index in [9.17, 15) is 4.79 Å². The van der Waals surface area contributed by atoms with Crippen LogP contribution in [0.1, 0.15) is 61.3 Å². The molecule has 1 saturated heterocycles. The Labute approximate surface area is 218 Å². The van der Waals surface area contributed by atoms with E-state index in [4.69, 9.17) is 0 Å². The number of hydrogen-bond donors (Lipinski definition) is 1. The smallest absolute Gasteiger partial charge is 0.253 e. The average Bonchev–Trinajstić information content (AvgIpc) is 3.39. The standard InChI is InChI=1S/C29H37N7O/c1-6-29(4,5)36-27(31-32-33-36)26(24-18-23-13-12-20(2)21(3)25(23)30-28(24)37)35-16-14-34(15-17-35)19-22-10-8-7-9-11-22/h7-13,18,26H,6,14-17,19H2,1-5H3,(H,30,37). The van der Waals surface area contributed by atoms with E-state index in [0.29, 0.717) is 5.56 Å². The van der Waals surface area contributed by atoms with E-state index in [-0.39, 0.29) is 17.1 Å². The highest BCUT2D eigenvalue weighted by Crippen LogP contribution is 2.32. The molecule has 3 heterocycles. The Kier molecular flexibility index (Phi) is 6.96. The third kappa shape index (κ3) is 4.95. The van der Waals surface area contributed by atoms with E-state index < -0.39 is 0 Å². The molecule has 4 aromatic rings. The molecule has 1 unspecified atom stereocenters. The summed E-state index contributed by atoms with van der Waals surface area (Å²) in [5, 5.41) is 14.0. The minimum atomic E-state index is -0.338. The van der Waals surface area contributed by atoms with Crippen LogP contribution in [0.4, 0.5) is 0 Å². The van der Waals surface area contributed by atoms with Crippen molar-refractivity contribution >= 4 is 10.9 Å². The number of nitrogens with one attached hydrogen (secondary N) is 1. The van der Waals surface area contributed by atoms with Gasteiger partial charge >= 0.3 is 0 Å². The predicted molar refractivity (Wildman–Crippen MR) is 147 cm³/mol. The molecule has 0 spiro atoms. The lowest BCUT2D eigenvalue weighted by Gasteiger charge is -2.39. The number of tetrazole rings is 1. The quantitative estimate of drug-likeness (QED) is 0.411. The van der Waals surface area contributed by atoms with E-state index in [2.05, 4.69) is 107 Å². The second-order valence-corrected chi connectivity index (χ2v) is 10.8. The Hall–Kier alpha value is -3.36. The van der Waals surface area contributed by atoms with Gasteiger partial charge in [0.25, 0.3) is 5.56 Å². The number of aromatic amines is 1. The Balaban J connectivity index is 1.54. The van der Waals surface area contributed by atoms with Crippen LogP contribution in [0.3, 0.4) is 0 Å². The summed E-state index contributed by atoms with van der Waals surface area (Å²) in [6.07, 6.45) is 0.870. The lowest BCUT2D eigenvalue weighted by molar-refractivity contribution is 0.0968. The summed E-state index contributed by atoms with van der Waals surface area (Å²) >= 11 is 0. The van der Waals surface area contributed by atoms with Crippen molar-refractivity contribution in [2.75, 3.05) is 26.2 Å². The van der Waals surface area contributed by atoms with Crippen molar-refractivity contribution in [1.82, 2.24) is 35.0 Å². The summed E-state index contributed by atoms with van der Waals surface area (Å²) in [6, 6.07) is 16.5. The molecule has 5 rings (SSSR count). The Morgan fingerprint density at radius 1 is 1.03 bits per heavy atom. The summed E-state index contributed by atoms with van der Waals surface area (Å²) in [4.78, 5) is 21.7. The van der Waals surface area contributed by atoms with E-state index in [1.54, 1.807) is 0 Å². The van der Waals surface area contributed by atoms with Gasteiger partial charge < -0.3 is 4.98 Å². The molecule has 0 bridgehead atoms. The van der Waals surface area contributed by atoms with E-state index in [0.717, 1.165) is 67.0 Å². The van der Waals surface area contributed by atoms with Gasteiger partial charge in [0.1, 0.15) is 6.04 Å². The third-order valence-electron chi connectivity index (χ3n) is 8.07. The van der Waals surface area contributed by atoms with Gasteiger partial charge in [-0.2, -0.15) is 0 Å². The zero-order chi connectivity index (χ0) is 26.2. The van der Waals surface area contributed by atoms with Crippen LogP contribution in [0.2, 0.25) is 0 Å². The maximum Gasteiger partial charge on any atom is 0.253 e. The molecular formula is C29H37N7O. The van der Waals surface area contributed by atoms with Crippen molar-refractivity contribution in [2.24, 2.45) is 0 Å². The van der Waals surface area contributed by atoms with Crippen LogP contribution >= 0.6 is 0 Å². The van der Waals surface area contributed by atoms with Crippen molar-refractivity contribution in [1.29, 1.82) is 0 Å². The number of H-pyrrole nitrogens is 1. The summed E-state index contributed by atoms with van der Waals surface area (Å²) in [6.45, 7) is 14.9. The summed E-state index contributed by atoms with van der Waals surface area (Å²) in [5.74, 6) is 0.719. The zero-order valence-electron chi connectivity index (χ0n) is 22.5. The number of nitrogens with zero attached hydrogens (tertiary/aromatic N) is 6. The highest BCUT2D eigenvalue weighted by atomic mass is 16.1. The van der Waals surface area contributed by atoms with Gasteiger partial charge in [0.05, 0.1) is 11.1 Å². The maximum atomic E-state index is 13.6. The molecule has 2 aromatic heterocycles. The number of hydrogen-bond acceptors (Lipinski definition) is 6. The second-order valence-electron chi connectivity index (χ2n) is 10.8. The molecule has 2 aromatic carbocycles. The molecule has 8 nitrogen and oxygen atoms in total. The molecule has 1 N–H and O–H groups in total. The maximum absolute atomic E-state index is 13.6. The number of pyridine rings is 1. The molecular weight excluding hydrogens is 462 g/mol. The topological polar surface area (TPSA) is 82.9 Å². The van der Waals surface area contributed by atoms with E-state index in [1.807, 2.05) is 10.7 Å². The molecule has 0 amide bonds. The highest BCUT2D eigenvalue weighted by Gasteiger charge is 2.35. The van der Waals surface area contributed by atoms with Crippen LogP contribution in [-0.4, -0.2) is 61.2 Å². The van der Waals surface area contributed by atoms with Crippen LogP contribution in [0.15, 0.2) is 53.3 Å². The van der Waals surface area contributed by atoms with E-state index >= 15 is 0 Å². The largest absolute Gasteiger partial charge is 0.321 e. The first-order valence-corrected chi connectivity index (χ1v) is 13.2. The minimum absolute atomic E-state index is 0.0817. The fourth-order valence-electron chi connectivity index (χ4n) is 5.21. The van der Waals surface area contributed by atoms with Crippen LogP contribution in [-0.2, 0) is 12.1 Å². The Morgan fingerprint density at radius 3 is 2.46 bits per heavy atom. The highest BCUT2D eigenvalue weighted by molar-refractivity contribution is 5.83. The van der Waals surface area contributed by atoms with Crippen molar-refractivity contribution in [3.8, 4) is 0 Å². The van der Waals surface area contributed by atoms with Gasteiger partial charge in [-0.25, -0.2) is 4.68 Å². The van der Waals surface area contributed by atoms with Gasteiger partial charge in [0.15, 0.2) is 5.82 Å². The number of rotatable bonds is 7. The molecule has 1 fully saturated rings. The van der Waals surface area contributed by atoms with Crippen molar-refractivity contribution in [3.05, 3.63) is 87.0 Å². The lowest BCUT2D eigenvalue weighted by atomic mass is 9.97. The molecule has 0 saturated carbocycles. The van der Waals surface area contributed by atoms with Crippen molar-refractivity contribution in [2.45, 2.75) is 59.2 Å². The number of benzene rings is 2. The monoisotopic (exact) mass is 499 g/mol. The first-order valence-electron chi connectivity index (χ1n) is 13.2. The first kappa shape index (κ1) is 25.3. The fourth-order valence-corrected chi connectivity index (χ4v) is 5.21. The lowest BCUT2D eigenvalue weighted by Crippen LogP contribution is -2.49. The van der Waals surface area contributed by atoms with Gasteiger partial charge in [-0.1, -0.05) is 49.4 Å². The Morgan fingerprint density at radius 2 is 1.76 bits per heavy atom. The molecule has 0 radical (unpaired) electrons. The van der Waals surface area contributed by atoms with Gasteiger partial charge in [-0.15, -0.1) is 5.10 Å². The van der Waals surface area contributed by atoms with Gasteiger partial charge in [0, 0.05) is 38.3 Å². The molecule has 0 aliphatic carbocycles. The number of piperazine rings is 1. The molecule has 194 valence electrons. The number of aryl methyl sites for hydroxylation is 2. The van der Waals surface area contributed by atoms with Crippen molar-refractivity contribution < 1.29 is 0 Å². The average molecular weight is 500 g/mol. The van der Waals surface area contributed by atoms with Crippen LogP contribution in [0, 0.1) is 13.8 Å². The Bertz CT molecular complexity index is 1430. The SMILES string of the molecule is CCC(C)(C)n1nnnc1C(c1cc2ccc(C)c(C)c2[nH]c1=O)N1CCN(Cc2ccccc2)CC1. The molecule has 1 aliphatic heterocycles. The van der Waals surface area contributed by atoms with Gasteiger partial charge in [0.2, 0.25) is 0 Å². The third-order valence-corrected chi connectivity index (χ3v) is 8.07. The summed E-state index contributed by atoms with van der Waals surface area (Å²) in [5.41, 5.74) is 4.81. The molecule has 1 aliphatic rings. The fraction of sp³-hybridized carbons (Fsp3) is 0.448. The molecule has 1 atom stereocenters. The normalized spacial score (nSPS) is 16.4. The predicted octanol–water partition coefficient (Wildman–Crippen LogP) is 4.18. The van der Waals surface area contributed by atoms with Crippen LogP contribution in [0.25, 0.3) is 10.9 Å². The van der Waals surface area contributed by atoms with Crippen LogP contribution < -0.4 is 5.56 Å². The second kappa shape index (κ2) is 10.2. The number of aromatic nitrogens is 5. The number of fused-ring (bicyclic) bond motifs is 1. The molecule has 37 heavy (non-hydrogen) atoms. The minimum Gasteiger partial charge on any atom is -0.321 e.